The number of ketones is 1. The van der Waals surface area contributed by atoms with Crippen LogP contribution in [0.25, 0.3) is 0 Å². The van der Waals surface area contributed by atoms with Gasteiger partial charge in [-0.1, -0.05) is 97.1 Å². The fraction of sp³-hybridized carbons (Fsp3) is 0.676. The van der Waals surface area contributed by atoms with Crippen molar-refractivity contribution < 1.29 is 33.5 Å². The summed E-state index contributed by atoms with van der Waals surface area (Å²) in [6.45, 7) is 9.89. The molecule has 1 aliphatic heterocycles. The highest BCUT2D eigenvalue weighted by atomic mass is 16.5. The molecular formula is C37H55N5O7. The molecule has 0 bridgehead atoms. The maximum atomic E-state index is 14.4. The molecule has 0 spiro atoms. The molecule has 4 rings (SSSR count). The molecule has 0 aromatic heterocycles. The third-order valence-electron chi connectivity index (χ3n) is 10.6. The summed E-state index contributed by atoms with van der Waals surface area (Å²) in [5.74, 6) is -3.15. The zero-order chi connectivity index (χ0) is 35.9. The Balaban J connectivity index is 1.50. The number of nitrogens with two attached hydrogens (primary N) is 1. The number of Topliss-reactive ketones (excluding diaryl/α,β-unsaturated/α-hetero) is 1. The van der Waals surface area contributed by atoms with Crippen LogP contribution in [0, 0.1) is 29.1 Å². The molecule has 270 valence electrons. The van der Waals surface area contributed by atoms with Crippen LogP contribution < -0.4 is 21.7 Å². The van der Waals surface area contributed by atoms with Gasteiger partial charge in [-0.2, -0.15) is 0 Å². The van der Waals surface area contributed by atoms with E-state index in [0.29, 0.717) is 12.8 Å². The van der Waals surface area contributed by atoms with Crippen LogP contribution in [-0.2, 0) is 35.3 Å². The van der Waals surface area contributed by atoms with E-state index in [1.165, 1.54) is 4.90 Å². The van der Waals surface area contributed by atoms with Gasteiger partial charge in [0.05, 0.1) is 6.04 Å². The van der Waals surface area contributed by atoms with Crippen molar-refractivity contribution in [1.82, 2.24) is 20.9 Å². The largest absolute Gasteiger partial charge is 0.459 e. The van der Waals surface area contributed by atoms with E-state index in [9.17, 15) is 28.8 Å². The van der Waals surface area contributed by atoms with Crippen molar-refractivity contribution in [3.8, 4) is 0 Å². The molecule has 5 atom stereocenters. The Hall–Kier alpha value is -3.96. The molecule has 0 radical (unpaired) electrons. The number of amides is 5. The standard InChI is InChI=1S/C37H55N5O7/c1-22(2)26-19-28(33(45)39-27(30(43)32(38)44)18-23-14-11-15-23)42(20-26)34(46)31(37(3,4)5)41-36(48)40-29(25-16-9-10-17-25)35(47)49-21-24-12-7-6-8-13-24/h6-8,12-13,22-23,25-29,31H,9-11,14-21H2,1-5H3,(H2,38,44)(H,39,45)(H2,40,41,48)/t26-,27?,28+,29+,31-/m1/s1. The summed E-state index contributed by atoms with van der Waals surface area (Å²) in [6.07, 6.45) is 6.98. The number of benzene rings is 1. The lowest BCUT2D eigenvalue weighted by molar-refractivity contribution is -0.148. The van der Waals surface area contributed by atoms with Gasteiger partial charge in [0.15, 0.2) is 0 Å². The molecule has 12 nitrogen and oxygen atoms in total. The minimum absolute atomic E-state index is 0.00259. The minimum Gasteiger partial charge on any atom is -0.459 e. The van der Waals surface area contributed by atoms with E-state index >= 15 is 0 Å². The summed E-state index contributed by atoms with van der Waals surface area (Å²) in [5.41, 5.74) is 5.40. The zero-order valence-electron chi connectivity index (χ0n) is 29.7. The van der Waals surface area contributed by atoms with E-state index in [1.54, 1.807) is 0 Å². The second kappa shape index (κ2) is 16.6. The zero-order valence-corrected chi connectivity index (χ0v) is 29.7. The first-order chi connectivity index (χ1) is 23.1. The maximum Gasteiger partial charge on any atom is 0.329 e. The van der Waals surface area contributed by atoms with Gasteiger partial charge in [-0.25, -0.2) is 9.59 Å². The van der Waals surface area contributed by atoms with E-state index in [2.05, 4.69) is 16.0 Å². The van der Waals surface area contributed by atoms with Crippen LogP contribution in [0.15, 0.2) is 30.3 Å². The topological polar surface area (TPSA) is 177 Å². The Morgan fingerprint density at radius 1 is 0.898 bits per heavy atom. The molecule has 1 unspecified atom stereocenters. The van der Waals surface area contributed by atoms with Gasteiger partial charge in [0.1, 0.15) is 24.7 Å². The molecule has 49 heavy (non-hydrogen) atoms. The van der Waals surface area contributed by atoms with Gasteiger partial charge in [0.25, 0.3) is 5.91 Å². The van der Waals surface area contributed by atoms with Crippen molar-refractivity contribution in [3.63, 3.8) is 0 Å². The molecule has 1 heterocycles. The quantitative estimate of drug-likeness (QED) is 0.171. The predicted molar refractivity (Wildman–Crippen MR) is 183 cm³/mol. The lowest BCUT2D eigenvalue weighted by Gasteiger charge is -2.36. The van der Waals surface area contributed by atoms with E-state index in [4.69, 9.17) is 10.5 Å². The van der Waals surface area contributed by atoms with Gasteiger partial charge in [0.2, 0.25) is 17.6 Å². The van der Waals surface area contributed by atoms with Crippen molar-refractivity contribution in [3.05, 3.63) is 35.9 Å². The summed E-state index contributed by atoms with van der Waals surface area (Å²) in [5, 5.41) is 8.43. The molecular weight excluding hydrogens is 626 g/mol. The average molecular weight is 682 g/mol. The summed E-state index contributed by atoms with van der Waals surface area (Å²) in [4.78, 5) is 81.2. The number of nitrogens with zero attached hydrogens (tertiary/aromatic N) is 1. The molecule has 1 aromatic carbocycles. The third kappa shape index (κ3) is 10.0. The Morgan fingerprint density at radius 2 is 1.55 bits per heavy atom. The fourth-order valence-electron chi connectivity index (χ4n) is 7.18. The number of hydrogen-bond donors (Lipinski definition) is 4. The van der Waals surface area contributed by atoms with Crippen molar-refractivity contribution in [1.29, 1.82) is 0 Å². The lowest BCUT2D eigenvalue weighted by Crippen LogP contribution is -2.61. The monoisotopic (exact) mass is 681 g/mol. The van der Waals surface area contributed by atoms with Crippen molar-refractivity contribution >= 4 is 35.5 Å². The smallest absolute Gasteiger partial charge is 0.329 e. The summed E-state index contributed by atoms with van der Waals surface area (Å²) >= 11 is 0. The molecule has 5 N–H and O–H groups in total. The van der Waals surface area contributed by atoms with Gasteiger partial charge in [-0.3, -0.25) is 19.2 Å². The van der Waals surface area contributed by atoms with E-state index in [0.717, 1.165) is 50.5 Å². The van der Waals surface area contributed by atoms with Crippen LogP contribution in [0.3, 0.4) is 0 Å². The van der Waals surface area contributed by atoms with E-state index in [1.807, 2.05) is 65.0 Å². The van der Waals surface area contributed by atoms with Crippen LogP contribution in [0.4, 0.5) is 4.79 Å². The third-order valence-corrected chi connectivity index (χ3v) is 10.6. The summed E-state index contributed by atoms with van der Waals surface area (Å²) in [6, 6.07) is 4.76. The average Bonchev–Trinajstić information content (AvgIpc) is 3.73. The SMILES string of the molecule is CC(C)[C@@H]1C[C@@H](C(=O)NC(CC2CCC2)C(=O)C(N)=O)N(C(=O)[C@@H](NC(=O)N[C@H](C(=O)OCc2ccccc2)C2CCCC2)C(C)(C)C)C1. The van der Waals surface area contributed by atoms with Gasteiger partial charge in [0, 0.05) is 6.54 Å². The van der Waals surface area contributed by atoms with Crippen LogP contribution in [0.2, 0.25) is 0 Å². The van der Waals surface area contributed by atoms with E-state index < -0.39 is 65.1 Å². The number of hydrogen-bond acceptors (Lipinski definition) is 7. The van der Waals surface area contributed by atoms with Gasteiger partial charge in [-0.05, 0) is 60.3 Å². The number of likely N-dealkylation sites (tertiary alicyclic amines) is 1. The lowest BCUT2D eigenvalue weighted by atomic mass is 9.80. The number of urea groups is 1. The van der Waals surface area contributed by atoms with Crippen LogP contribution in [0.5, 0.6) is 0 Å². The van der Waals surface area contributed by atoms with Crippen LogP contribution >= 0.6 is 0 Å². The van der Waals surface area contributed by atoms with E-state index in [-0.39, 0.29) is 36.8 Å². The first-order valence-electron chi connectivity index (χ1n) is 17.9. The fourth-order valence-corrected chi connectivity index (χ4v) is 7.18. The van der Waals surface area contributed by atoms with Crippen molar-refractivity contribution in [2.75, 3.05) is 6.54 Å². The number of carbonyl (C=O) groups is 6. The van der Waals surface area contributed by atoms with Crippen molar-refractivity contribution in [2.45, 2.75) is 123 Å². The number of esters is 1. The summed E-state index contributed by atoms with van der Waals surface area (Å²) in [7, 11) is 0. The Morgan fingerprint density at radius 3 is 2.10 bits per heavy atom. The second-order valence-corrected chi connectivity index (χ2v) is 15.6. The highest BCUT2D eigenvalue weighted by molar-refractivity contribution is 6.37. The van der Waals surface area contributed by atoms with Crippen LogP contribution in [-0.4, -0.2) is 71.1 Å². The number of ether oxygens (including phenoxy) is 1. The number of carbonyl (C=O) groups excluding carboxylic acids is 6. The van der Waals surface area contributed by atoms with Crippen molar-refractivity contribution in [2.24, 2.45) is 34.8 Å². The van der Waals surface area contributed by atoms with Gasteiger partial charge >= 0.3 is 12.0 Å². The Kier molecular flexibility index (Phi) is 12.8. The molecule has 2 aliphatic carbocycles. The first-order valence-corrected chi connectivity index (χ1v) is 17.9. The Labute approximate surface area is 290 Å². The maximum absolute atomic E-state index is 14.4. The molecule has 5 amide bonds. The highest BCUT2D eigenvalue weighted by Gasteiger charge is 2.46. The molecule has 3 aliphatic rings. The molecule has 1 saturated heterocycles. The number of rotatable bonds is 14. The normalized spacial score (nSPS) is 21.7. The molecule has 12 heteroatoms. The minimum atomic E-state index is -1.10. The number of nitrogens with one attached hydrogen (secondary N) is 3. The van der Waals surface area contributed by atoms with Gasteiger partial charge < -0.3 is 31.3 Å². The molecule has 3 fully saturated rings. The van der Waals surface area contributed by atoms with Crippen LogP contribution in [0.1, 0.15) is 98.0 Å². The first kappa shape index (κ1) is 37.9. The predicted octanol–water partition coefficient (Wildman–Crippen LogP) is 3.61. The number of primary amides is 1. The molecule has 1 aromatic rings. The summed E-state index contributed by atoms with van der Waals surface area (Å²) < 4.78 is 5.62. The second-order valence-electron chi connectivity index (χ2n) is 15.6. The van der Waals surface area contributed by atoms with Gasteiger partial charge in [-0.15, -0.1) is 0 Å². The Bertz CT molecular complexity index is 1350. The molecule has 2 saturated carbocycles. The highest BCUT2D eigenvalue weighted by Crippen LogP contribution is 2.34.